The Balaban J connectivity index is 2.42. The molecule has 0 aliphatic heterocycles. The van der Waals surface area contributed by atoms with Crippen molar-refractivity contribution in [2.45, 2.75) is 59.2 Å². The average molecular weight is 254 g/mol. The smallest absolute Gasteiger partial charge is 0.123 e. The van der Waals surface area contributed by atoms with Crippen LogP contribution in [-0.2, 0) is 4.79 Å². The highest BCUT2D eigenvalue weighted by atomic mass is 16.3. The lowest BCUT2D eigenvalue weighted by Gasteiger charge is -2.60. The number of aldehydes is 1. The Hall–Kier alpha value is -0.410. The predicted octanol–water partition coefficient (Wildman–Crippen LogP) is 2.01. The molecule has 18 heavy (non-hydrogen) atoms. The molecule has 6 atom stereocenters. The third kappa shape index (κ3) is 1.75. The zero-order chi connectivity index (χ0) is 13.7. The molecular formula is C15H26O3. The van der Waals surface area contributed by atoms with Gasteiger partial charge in [-0.2, -0.15) is 0 Å². The summed E-state index contributed by atoms with van der Waals surface area (Å²) in [5, 5.41) is 20.4. The second kappa shape index (κ2) is 4.31. The van der Waals surface area contributed by atoms with Gasteiger partial charge in [-0.1, -0.05) is 27.7 Å². The topological polar surface area (TPSA) is 57.5 Å². The van der Waals surface area contributed by atoms with Crippen LogP contribution in [0.4, 0.5) is 0 Å². The van der Waals surface area contributed by atoms with Crippen molar-refractivity contribution < 1.29 is 15.0 Å². The van der Waals surface area contributed by atoms with E-state index in [0.717, 1.165) is 19.1 Å². The number of rotatable bonds is 1. The Morgan fingerprint density at radius 3 is 2.33 bits per heavy atom. The summed E-state index contributed by atoms with van der Waals surface area (Å²) in [6.07, 6.45) is 2.30. The zero-order valence-electron chi connectivity index (χ0n) is 11.9. The lowest BCUT2D eigenvalue weighted by atomic mass is 9.45. The molecule has 0 spiro atoms. The van der Waals surface area contributed by atoms with E-state index < -0.39 is 12.2 Å². The van der Waals surface area contributed by atoms with E-state index in [2.05, 4.69) is 13.8 Å². The first-order valence-electron chi connectivity index (χ1n) is 7.06. The quantitative estimate of drug-likeness (QED) is 0.704. The van der Waals surface area contributed by atoms with E-state index >= 15 is 0 Å². The molecule has 0 aromatic heterocycles. The molecule has 0 aromatic rings. The van der Waals surface area contributed by atoms with Crippen LogP contribution in [0.2, 0.25) is 0 Å². The molecule has 2 aliphatic carbocycles. The molecule has 0 bridgehead atoms. The van der Waals surface area contributed by atoms with Crippen LogP contribution in [-0.4, -0.2) is 28.7 Å². The number of hydrogen-bond donors (Lipinski definition) is 2. The van der Waals surface area contributed by atoms with E-state index in [1.54, 1.807) is 0 Å². The van der Waals surface area contributed by atoms with Crippen molar-refractivity contribution in [1.29, 1.82) is 0 Å². The molecule has 0 heterocycles. The molecule has 3 heteroatoms. The van der Waals surface area contributed by atoms with Crippen molar-refractivity contribution in [3.8, 4) is 0 Å². The van der Waals surface area contributed by atoms with Crippen LogP contribution in [0, 0.1) is 28.6 Å². The largest absolute Gasteiger partial charge is 0.390 e. The Morgan fingerprint density at radius 1 is 1.17 bits per heavy atom. The molecule has 104 valence electrons. The number of carbonyl (C=O) groups is 1. The standard InChI is InChI=1S/C15H26O3/c1-9-5-6-12-14(2,3)13(18)11(17)7-15(12,4)10(9)8-16/h8-13,17-18H,5-7H2,1-4H3. The number of aliphatic hydroxyl groups excluding tert-OH is 2. The highest BCUT2D eigenvalue weighted by molar-refractivity contribution is 5.56. The van der Waals surface area contributed by atoms with E-state index in [-0.39, 0.29) is 16.7 Å². The molecule has 6 unspecified atom stereocenters. The fourth-order valence-electron chi connectivity index (χ4n) is 4.88. The minimum Gasteiger partial charge on any atom is -0.390 e. The van der Waals surface area contributed by atoms with Gasteiger partial charge in [-0.25, -0.2) is 0 Å². The summed E-state index contributed by atoms with van der Waals surface area (Å²) in [5.41, 5.74) is -0.505. The molecular weight excluding hydrogens is 228 g/mol. The SMILES string of the molecule is CC1CCC2C(C)(C)C(O)C(O)CC2(C)C1C=O. The number of hydrogen-bond acceptors (Lipinski definition) is 3. The van der Waals surface area contributed by atoms with Gasteiger partial charge < -0.3 is 15.0 Å². The highest BCUT2D eigenvalue weighted by Gasteiger charge is 2.59. The van der Waals surface area contributed by atoms with Crippen molar-refractivity contribution in [2.24, 2.45) is 28.6 Å². The third-order valence-electron chi connectivity index (χ3n) is 5.90. The molecule has 0 saturated heterocycles. The summed E-state index contributed by atoms with van der Waals surface area (Å²) in [4.78, 5) is 11.5. The third-order valence-corrected chi connectivity index (χ3v) is 5.90. The molecule has 2 aliphatic rings. The fourth-order valence-corrected chi connectivity index (χ4v) is 4.88. The van der Waals surface area contributed by atoms with Crippen molar-refractivity contribution in [2.75, 3.05) is 0 Å². The van der Waals surface area contributed by atoms with E-state index in [4.69, 9.17) is 0 Å². The summed E-state index contributed by atoms with van der Waals surface area (Å²) in [5.74, 6) is 0.675. The molecule has 2 fully saturated rings. The maximum Gasteiger partial charge on any atom is 0.123 e. The maximum absolute atomic E-state index is 11.5. The van der Waals surface area contributed by atoms with Gasteiger partial charge in [0.2, 0.25) is 0 Å². The van der Waals surface area contributed by atoms with Gasteiger partial charge in [0.25, 0.3) is 0 Å². The van der Waals surface area contributed by atoms with Crippen molar-refractivity contribution in [3.05, 3.63) is 0 Å². The minimum absolute atomic E-state index is 0.00215. The molecule has 3 nitrogen and oxygen atoms in total. The van der Waals surface area contributed by atoms with Crippen LogP contribution in [0.3, 0.4) is 0 Å². The number of fused-ring (bicyclic) bond motifs is 1. The Kier molecular flexibility index (Phi) is 3.35. The van der Waals surface area contributed by atoms with Crippen LogP contribution in [0.15, 0.2) is 0 Å². The van der Waals surface area contributed by atoms with Crippen LogP contribution in [0.1, 0.15) is 47.0 Å². The Morgan fingerprint density at radius 2 is 1.78 bits per heavy atom. The molecule has 2 rings (SSSR count). The van der Waals surface area contributed by atoms with E-state index in [1.807, 2.05) is 13.8 Å². The first-order chi connectivity index (χ1) is 8.25. The number of aliphatic hydroxyl groups is 2. The van der Waals surface area contributed by atoms with Crippen LogP contribution < -0.4 is 0 Å². The maximum atomic E-state index is 11.5. The second-order valence-corrected chi connectivity index (χ2v) is 7.31. The lowest BCUT2D eigenvalue weighted by molar-refractivity contribution is -0.193. The van der Waals surface area contributed by atoms with Crippen LogP contribution in [0.5, 0.6) is 0 Å². The van der Waals surface area contributed by atoms with Gasteiger partial charge in [-0.15, -0.1) is 0 Å². The van der Waals surface area contributed by atoms with Crippen LogP contribution in [0.25, 0.3) is 0 Å². The Labute approximate surface area is 110 Å². The summed E-state index contributed by atoms with van der Waals surface area (Å²) >= 11 is 0. The van der Waals surface area contributed by atoms with E-state index in [9.17, 15) is 15.0 Å². The summed E-state index contributed by atoms with van der Waals surface area (Å²) in [6.45, 7) is 8.32. The van der Waals surface area contributed by atoms with Gasteiger partial charge in [0.1, 0.15) is 6.29 Å². The predicted molar refractivity (Wildman–Crippen MR) is 70.0 cm³/mol. The summed E-state index contributed by atoms with van der Waals surface area (Å²) < 4.78 is 0. The van der Waals surface area contributed by atoms with Gasteiger partial charge in [-0.05, 0) is 41.9 Å². The second-order valence-electron chi connectivity index (χ2n) is 7.31. The summed E-state index contributed by atoms with van der Waals surface area (Å²) in [6, 6.07) is 0. The highest BCUT2D eigenvalue weighted by Crippen LogP contribution is 2.60. The van der Waals surface area contributed by atoms with Crippen LogP contribution >= 0.6 is 0 Å². The first-order valence-corrected chi connectivity index (χ1v) is 7.06. The van der Waals surface area contributed by atoms with Crippen molar-refractivity contribution >= 4 is 6.29 Å². The van der Waals surface area contributed by atoms with E-state index in [1.165, 1.54) is 0 Å². The first kappa shape index (κ1) is 14.0. The molecule has 2 saturated carbocycles. The molecule has 2 N–H and O–H groups in total. The average Bonchev–Trinajstić information content (AvgIpc) is 2.26. The normalized spacial score (nSPS) is 51.6. The molecule has 0 amide bonds. The van der Waals surface area contributed by atoms with Gasteiger partial charge >= 0.3 is 0 Å². The van der Waals surface area contributed by atoms with E-state index in [0.29, 0.717) is 18.3 Å². The van der Waals surface area contributed by atoms with Crippen molar-refractivity contribution in [3.63, 3.8) is 0 Å². The van der Waals surface area contributed by atoms with Gasteiger partial charge in [0.05, 0.1) is 12.2 Å². The van der Waals surface area contributed by atoms with Crippen molar-refractivity contribution in [1.82, 2.24) is 0 Å². The summed E-state index contributed by atoms with van der Waals surface area (Å²) in [7, 11) is 0. The van der Waals surface area contributed by atoms with Gasteiger partial charge in [-0.3, -0.25) is 0 Å². The molecule has 0 radical (unpaired) electrons. The minimum atomic E-state index is -0.714. The van der Waals surface area contributed by atoms with Gasteiger partial charge in [0.15, 0.2) is 0 Å². The Bertz CT molecular complexity index is 339. The fraction of sp³-hybridized carbons (Fsp3) is 0.933. The zero-order valence-corrected chi connectivity index (χ0v) is 11.9. The number of carbonyl (C=O) groups excluding carboxylic acids is 1. The monoisotopic (exact) mass is 254 g/mol. The molecule has 0 aromatic carbocycles. The lowest BCUT2D eigenvalue weighted by Crippen LogP contribution is -2.61. The van der Waals surface area contributed by atoms with Gasteiger partial charge in [0, 0.05) is 5.92 Å².